The molecule has 1 saturated carbocycles. The molecule has 8 nitrogen and oxygen atoms in total. The summed E-state index contributed by atoms with van der Waals surface area (Å²) in [4.78, 5) is 28.6. The first-order valence-electron chi connectivity index (χ1n) is 11.0. The van der Waals surface area contributed by atoms with Crippen molar-refractivity contribution in [2.45, 2.75) is 38.6 Å². The van der Waals surface area contributed by atoms with Crippen LogP contribution in [0.1, 0.15) is 31.6 Å². The molecule has 5 rings (SSSR count). The van der Waals surface area contributed by atoms with Gasteiger partial charge in [0.25, 0.3) is 0 Å². The molecule has 0 aromatic carbocycles. The topological polar surface area (TPSA) is 93.4 Å². The van der Waals surface area contributed by atoms with E-state index in [0.29, 0.717) is 29.2 Å². The van der Waals surface area contributed by atoms with E-state index < -0.39 is 0 Å². The molecule has 0 bridgehead atoms. The van der Waals surface area contributed by atoms with E-state index in [-0.39, 0.29) is 11.8 Å². The van der Waals surface area contributed by atoms with Crippen molar-refractivity contribution in [2.75, 3.05) is 31.6 Å². The fourth-order valence-corrected chi connectivity index (χ4v) is 4.58. The Morgan fingerprint density at radius 3 is 2.65 bits per heavy atom. The molecule has 3 aromatic heterocycles. The highest BCUT2D eigenvalue weighted by Crippen LogP contribution is 2.29. The van der Waals surface area contributed by atoms with Crippen molar-refractivity contribution in [3.8, 4) is 11.5 Å². The zero-order valence-corrected chi connectivity index (χ0v) is 17.7. The molecule has 2 aliphatic rings. The minimum atomic E-state index is 0.0336. The SMILES string of the molecule is Cc1ncc(-c2ccc3cnc(NC(=O)[C@H]4CC[C@H](N5CCOCC5)CC4)cc3n2)o1. The molecule has 31 heavy (non-hydrogen) atoms. The summed E-state index contributed by atoms with van der Waals surface area (Å²) in [5.41, 5.74) is 1.46. The van der Waals surface area contributed by atoms with Crippen molar-refractivity contribution in [3.63, 3.8) is 0 Å². The molecule has 1 N–H and O–H groups in total. The molecule has 3 aromatic rings. The Morgan fingerprint density at radius 2 is 1.90 bits per heavy atom. The summed E-state index contributed by atoms with van der Waals surface area (Å²) < 4.78 is 11.0. The number of aryl methyl sites for hydroxylation is 1. The van der Waals surface area contributed by atoms with Gasteiger partial charge in [0, 0.05) is 49.6 Å². The minimum absolute atomic E-state index is 0.0336. The number of carbonyl (C=O) groups is 1. The van der Waals surface area contributed by atoms with Gasteiger partial charge in [-0.05, 0) is 37.8 Å². The van der Waals surface area contributed by atoms with Gasteiger partial charge in [0.15, 0.2) is 11.7 Å². The van der Waals surface area contributed by atoms with Crippen LogP contribution in [-0.2, 0) is 9.53 Å². The van der Waals surface area contributed by atoms with Gasteiger partial charge in [0.2, 0.25) is 5.91 Å². The van der Waals surface area contributed by atoms with Crippen molar-refractivity contribution in [1.82, 2.24) is 19.9 Å². The minimum Gasteiger partial charge on any atom is -0.439 e. The predicted molar refractivity (Wildman–Crippen MR) is 117 cm³/mol. The maximum absolute atomic E-state index is 12.8. The number of aromatic nitrogens is 3. The lowest BCUT2D eigenvalue weighted by molar-refractivity contribution is -0.121. The van der Waals surface area contributed by atoms with Crippen LogP contribution in [0.25, 0.3) is 22.4 Å². The first-order chi connectivity index (χ1) is 15.2. The summed E-state index contributed by atoms with van der Waals surface area (Å²) in [5, 5.41) is 3.91. The Morgan fingerprint density at radius 1 is 1.10 bits per heavy atom. The summed E-state index contributed by atoms with van der Waals surface area (Å²) in [6.07, 6.45) is 7.35. The van der Waals surface area contributed by atoms with Crippen molar-refractivity contribution in [3.05, 3.63) is 36.5 Å². The molecule has 4 heterocycles. The van der Waals surface area contributed by atoms with Crippen molar-refractivity contribution >= 4 is 22.6 Å². The van der Waals surface area contributed by atoms with Crippen LogP contribution in [0.3, 0.4) is 0 Å². The van der Waals surface area contributed by atoms with Crippen LogP contribution in [0.2, 0.25) is 0 Å². The van der Waals surface area contributed by atoms with Gasteiger partial charge < -0.3 is 14.5 Å². The highest BCUT2D eigenvalue weighted by molar-refractivity contribution is 5.93. The van der Waals surface area contributed by atoms with Gasteiger partial charge in [-0.15, -0.1) is 0 Å². The summed E-state index contributed by atoms with van der Waals surface area (Å²) >= 11 is 0. The standard InChI is InChI=1S/C23H27N5O3/c1-15-24-14-21(31-15)19-7-4-17-13-25-22(12-20(17)26-19)27-23(29)16-2-5-18(6-3-16)28-8-10-30-11-9-28/h4,7,12-14,16,18H,2-3,5-6,8-11H2,1H3,(H,25,27,29)/t16-,18-. The lowest BCUT2D eigenvalue weighted by Crippen LogP contribution is -2.45. The number of amides is 1. The Hall–Kier alpha value is -2.84. The number of rotatable bonds is 4. The molecular formula is C23H27N5O3. The normalized spacial score (nSPS) is 22.5. The third-order valence-corrected chi connectivity index (χ3v) is 6.33. The number of ether oxygens (including phenoxy) is 1. The largest absolute Gasteiger partial charge is 0.439 e. The smallest absolute Gasteiger partial charge is 0.228 e. The monoisotopic (exact) mass is 421 g/mol. The maximum Gasteiger partial charge on any atom is 0.228 e. The van der Waals surface area contributed by atoms with Crippen LogP contribution in [0.15, 0.2) is 35.0 Å². The number of nitrogens with zero attached hydrogens (tertiary/aromatic N) is 4. The van der Waals surface area contributed by atoms with Crippen molar-refractivity contribution in [1.29, 1.82) is 0 Å². The Balaban J connectivity index is 1.24. The second kappa shape index (κ2) is 8.72. The summed E-state index contributed by atoms with van der Waals surface area (Å²) in [6, 6.07) is 6.23. The van der Waals surface area contributed by atoms with E-state index in [1.807, 2.05) is 18.2 Å². The van der Waals surface area contributed by atoms with Gasteiger partial charge in [-0.3, -0.25) is 9.69 Å². The van der Waals surface area contributed by atoms with Gasteiger partial charge >= 0.3 is 0 Å². The molecule has 8 heteroatoms. The van der Waals surface area contributed by atoms with E-state index in [4.69, 9.17) is 9.15 Å². The number of carbonyl (C=O) groups excluding carboxylic acids is 1. The number of hydrogen-bond donors (Lipinski definition) is 1. The van der Waals surface area contributed by atoms with E-state index in [0.717, 1.165) is 62.9 Å². The Labute approximate surface area is 181 Å². The fraction of sp³-hybridized carbons (Fsp3) is 0.478. The first-order valence-corrected chi connectivity index (χ1v) is 11.0. The number of anilines is 1. The Kier molecular flexibility index (Phi) is 5.65. The highest BCUT2D eigenvalue weighted by atomic mass is 16.5. The van der Waals surface area contributed by atoms with E-state index >= 15 is 0 Å². The van der Waals surface area contributed by atoms with Crippen molar-refractivity contribution in [2.24, 2.45) is 5.92 Å². The molecule has 0 radical (unpaired) electrons. The third kappa shape index (κ3) is 4.45. The molecule has 162 valence electrons. The highest BCUT2D eigenvalue weighted by Gasteiger charge is 2.30. The third-order valence-electron chi connectivity index (χ3n) is 6.33. The fourth-order valence-electron chi connectivity index (χ4n) is 4.58. The van der Waals surface area contributed by atoms with Crippen LogP contribution in [0.5, 0.6) is 0 Å². The number of hydrogen-bond acceptors (Lipinski definition) is 7. The van der Waals surface area contributed by atoms with Gasteiger partial charge in [0.05, 0.1) is 24.9 Å². The van der Waals surface area contributed by atoms with Crippen LogP contribution < -0.4 is 5.32 Å². The Bertz CT molecular complexity index is 1070. The maximum atomic E-state index is 12.8. The summed E-state index contributed by atoms with van der Waals surface area (Å²) in [5.74, 6) is 1.84. The molecule has 0 unspecified atom stereocenters. The predicted octanol–water partition coefficient (Wildman–Crippen LogP) is 3.42. The van der Waals surface area contributed by atoms with E-state index in [1.165, 1.54) is 0 Å². The average Bonchev–Trinajstić information content (AvgIpc) is 3.25. The molecule has 1 saturated heterocycles. The van der Waals surface area contributed by atoms with Crippen molar-refractivity contribution < 1.29 is 13.9 Å². The number of pyridine rings is 2. The van der Waals surface area contributed by atoms with E-state index in [1.54, 1.807) is 19.3 Å². The number of morpholine rings is 1. The average molecular weight is 422 g/mol. The van der Waals surface area contributed by atoms with Gasteiger partial charge in [0.1, 0.15) is 11.5 Å². The van der Waals surface area contributed by atoms with Gasteiger partial charge in [-0.25, -0.2) is 15.0 Å². The van der Waals surface area contributed by atoms with Crippen LogP contribution >= 0.6 is 0 Å². The van der Waals surface area contributed by atoms with Gasteiger partial charge in [-0.2, -0.15) is 0 Å². The first kappa shape index (κ1) is 20.1. The van der Waals surface area contributed by atoms with E-state index in [9.17, 15) is 4.79 Å². The molecular weight excluding hydrogens is 394 g/mol. The summed E-state index contributed by atoms with van der Waals surface area (Å²) in [7, 11) is 0. The number of nitrogens with one attached hydrogen (secondary N) is 1. The lowest BCUT2D eigenvalue weighted by atomic mass is 9.84. The molecule has 1 aliphatic carbocycles. The number of oxazole rings is 1. The zero-order valence-electron chi connectivity index (χ0n) is 17.7. The quantitative estimate of drug-likeness (QED) is 0.690. The second-order valence-electron chi connectivity index (χ2n) is 8.35. The molecule has 0 atom stereocenters. The zero-order chi connectivity index (χ0) is 21.2. The molecule has 1 amide bonds. The van der Waals surface area contributed by atoms with Crippen LogP contribution in [0, 0.1) is 12.8 Å². The van der Waals surface area contributed by atoms with Crippen LogP contribution in [0.4, 0.5) is 5.82 Å². The second-order valence-corrected chi connectivity index (χ2v) is 8.35. The molecule has 2 fully saturated rings. The molecule has 1 aliphatic heterocycles. The van der Waals surface area contributed by atoms with E-state index in [2.05, 4.69) is 25.2 Å². The van der Waals surface area contributed by atoms with Crippen LogP contribution in [-0.4, -0.2) is 58.1 Å². The summed E-state index contributed by atoms with van der Waals surface area (Å²) in [6.45, 7) is 5.45. The molecule has 0 spiro atoms. The number of fused-ring (bicyclic) bond motifs is 1. The van der Waals surface area contributed by atoms with Gasteiger partial charge in [-0.1, -0.05) is 0 Å². The lowest BCUT2D eigenvalue weighted by Gasteiger charge is -2.38.